The van der Waals surface area contributed by atoms with Gasteiger partial charge in [0.15, 0.2) is 17.3 Å². The molecule has 0 unspecified atom stereocenters. The van der Waals surface area contributed by atoms with E-state index in [0.29, 0.717) is 18.9 Å². The maximum atomic E-state index is 5.43. The Morgan fingerprint density at radius 2 is 1.96 bits per heavy atom. The molecule has 7 nitrogen and oxygen atoms in total. The Hall–Kier alpha value is -2.67. The fraction of sp³-hybridized carbons (Fsp3) is 0.312. The molecular formula is C16H18N6O. The number of ether oxygens (including phenoxy) is 1. The first-order valence-electron chi connectivity index (χ1n) is 7.69. The molecule has 0 aromatic carbocycles. The monoisotopic (exact) mass is 310 g/mol. The maximum absolute atomic E-state index is 5.43. The molecule has 0 spiro atoms. The van der Waals surface area contributed by atoms with Gasteiger partial charge in [0.1, 0.15) is 11.3 Å². The third-order valence-corrected chi connectivity index (χ3v) is 3.83. The molecule has 2 N–H and O–H groups in total. The molecule has 0 saturated carbocycles. The van der Waals surface area contributed by atoms with E-state index in [1.165, 1.54) is 0 Å². The van der Waals surface area contributed by atoms with E-state index in [1.807, 2.05) is 37.4 Å². The number of aromatic amines is 1. The number of aryl methyl sites for hydroxylation is 1. The van der Waals surface area contributed by atoms with E-state index in [4.69, 9.17) is 4.74 Å². The third kappa shape index (κ3) is 2.70. The van der Waals surface area contributed by atoms with Crippen molar-refractivity contribution in [2.45, 2.75) is 6.92 Å². The van der Waals surface area contributed by atoms with Crippen LogP contribution in [-0.4, -0.2) is 46.2 Å². The number of aromatic nitrogens is 4. The Bertz CT molecular complexity index is 813. The highest BCUT2D eigenvalue weighted by Crippen LogP contribution is 2.24. The quantitative estimate of drug-likeness (QED) is 0.875. The smallest absolute Gasteiger partial charge is 0.183 e. The van der Waals surface area contributed by atoms with Gasteiger partial charge in [0.2, 0.25) is 0 Å². The van der Waals surface area contributed by atoms with Gasteiger partial charge in [-0.15, -0.1) is 0 Å². The van der Waals surface area contributed by atoms with E-state index in [2.05, 4.69) is 30.2 Å². The van der Waals surface area contributed by atoms with Crippen molar-refractivity contribution in [3.63, 3.8) is 0 Å². The molecule has 118 valence electrons. The second-order valence-corrected chi connectivity index (χ2v) is 5.45. The SMILES string of the molecule is Cc1nc(N2CCOCC2)c2[nH]c(C3=CC=CC=CN3)nc2n1. The van der Waals surface area contributed by atoms with Crippen molar-refractivity contribution in [1.29, 1.82) is 0 Å². The van der Waals surface area contributed by atoms with Gasteiger partial charge in [-0.2, -0.15) is 0 Å². The highest BCUT2D eigenvalue weighted by atomic mass is 16.5. The first kappa shape index (κ1) is 14.0. The molecule has 23 heavy (non-hydrogen) atoms. The van der Waals surface area contributed by atoms with Crippen LogP contribution >= 0.6 is 0 Å². The van der Waals surface area contributed by atoms with Crippen molar-refractivity contribution in [1.82, 2.24) is 25.3 Å². The van der Waals surface area contributed by atoms with Gasteiger partial charge in [-0.1, -0.05) is 12.2 Å². The lowest BCUT2D eigenvalue weighted by Gasteiger charge is -2.28. The van der Waals surface area contributed by atoms with Gasteiger partial charge in [0.25, 0.3) is 0 Å². The van der Waals surface area contributed by atoms with Gasteiger partial charge in [-0.25, -0.2) is 15.0 Å². The predicted molar refractivity (Wildman–Crippen MR) is 88.8 cm³/mol. The summed E-state index contributed by atoms with van der Waals surface area (Å²) < 4.78 is 5.43. The number of hydrogen-bond donors (Lipinski definition) is 2. The zero-order valence-corrected chi connectivity index (χ0v) is 12.9. The van der Waals surface area contributed by atoms with Crippen LogP contribution in [0.4, 0.5) is 5.82 Å². The summed E-state index contributed by atoms with van der Waals surface area (Å²) in [6.07, 6.45) is 9.73. The molecule has 1 saturated heterocycles. The summed E-state index contributed by atoms with van der Waals surface area (Å²) in [6, 6.07) is 0. The summed E-state index contributed by atoms with van der Waals surface area (Å²) >= 11 is 0. The number of imidazole rings is 1. The average molecular weight is 310 g/mol. The molecule has 0 atom stereocenters. The molecule has 2 aliphatic rings. The number of rotatable bonds is 2. The Labute approximate surface area is 133 Å². The zero-order valence-electron chi connectivity index (χ0n) is 12.9. The van der Waals surface area contributed by atoms with Crippen LogP contribution in [0.25, 0.3) is 16.9 Å². The van der Waals surface area contributed by atoms with Crippen LogP contribution in [0.3, 0.4) is 0 Å². The van der Waals surface area contributed by atoms with E-state index in [9.17, 15) is 0 Å². The van der Waals surface area contributed by atoms with Gasteiger partial charge in [-0.3, -0.25) is 0 Å². The molecule has 2 aromatic rings. The van der Waals surface area contributed by atoms with E-state index >= 15 is 0 Å². The molecule has 4 heterocycles. The van der Waals surface area contributed by atoms with E-state index in [0.717, 1.165) is 41.8 Å². The van der Waals surface area contributed by atoms with Crippen LogP contribution in [0.5, 0.6) is 0 Å². The molecule has 0 bridgehead atoms. The Balaban J connectivity index is 1.79. The van der Waals surface area contributed by atoms with Crippen LogP contribution < -0.4 is 10.2 Å². The number of hydrogen-bond acceptors (Lipinski definition) is 6. The summed E-state index contributed by atoms with van der Waals surface area (Å²) in [5.41, 5.74) is 2.46. The highest BCUT2D eigenvalue weighted by molar-refractivity contribution is 5.85. The van der Waals surface area contributed by atoms with Gasteiger partial charge in [0, 0.05) is 19.3 Å². The van der Waals surface area contributed by atoms with Crippen LogP contribution in [0.2, 0.25) is 0 Å². The minimum Gasteiger partial charge on any atom is -0.378 e. The standard InChI is InChI=1S/C16H18N6O/c1-11-18-15-13(16(19-11)22-7-9-23-10-8-22)20-14(21-15)12-5-3-2-4-6-17-12/h2-6,17H,7-10H2,1H3,(H,18,19,20,21). The lowest BCUT2D eigenvalue weighted by atomic mass is 10.3. The zero-order chi connectivity index (χ0) is 15.6. The summed E-state index contributed by atoms with van der Waals surface area (Å²) in [4.78, 5) is 19.3. The van der Waals surface area contributed by atoms with Crippen molar-refractivity contribution in [2.24, 2.45) is 0 Å². The number of nitrogens with one attached hydrogen (secondary N) is 2. The fourth-order valence-electron chi connectivity index (χ4n) is 2.72. The highest BCUT2D eigenvalue weighted by Gasteiger charge is 2.20. The normalized spacial score (nSPS) is 18.0. The Kier molecular flexibility index (Phi) is 3.55. The molecule has 2 aliphatic heterocycles. The van der Waals surface area contributed by atoms with Crippen LogP contribution in [0.1, 0.15) is 11.6 Å². The maximum Gasteiger partial charge on any atom is 0.183 e. The van der Waals surface area contributed by atoms with E-state index in [1.54, 1.807) is 0 Å². The van der Waals surface area contributed by atoms with Crippen molar-refractivity contribution >= 4 is 22.7 Å². The van der Waals surface area contributed by atoms with Crippen LogP contribution in [-0.2, 0) is 4.74 Å². The second-order valence-electron chi connectivity index (χ2n) is 5.45. The summed E-state index contributed by atoms with van der Waals surface area (Å²) in [7, 11) is 0. The van der Waals surface area contributed by atoms with Crippen molar-refractivity contribution in [3.05, 3.63) is 42.2 Å². The minimum atomic E-state index is 0.689. The van der Waals surface area contributed by atoms with Crippen molar-refractivity contribution < 1.29 is 4.74 Å². The van der Waals surface area contributed by atoms with Crippen LogP contribution in [0.15, 0.2) is 30.5 Å². The summed E-state index contributed by atoms with van der Waals surface area (Å²) in [5, 5.41) is 3.21. The molecule has 0 amide bonds. The topological polar surface area (TPSA) is 79.0 Å². The molecule has 1 fully saturated rings. The largest absolute Gasteiger partial charge is 0.378 e. The molecule has 2 aromatic heterocycles. The van der Waals surface area contributed by atoms with Crippen molar-refractivity contribution in [3.8, 4) is 0 Å². The number of H-pyrrole nitrogens is 1. The Morgan fingerprint density at radius 1 is 1.09 bits per heavy atom. The lowest BCUT2D eigenvalue weighted by Crippen LogP contribution is -2.37. The van der Waals surface area contributed by atoms with Gasteiger partial charge in [0.05, 0.1) is 18.9 Å². The predicted octanol–water partition coefficient (Wildman–Crippen LogP) is 1.51. The molecule has 0 aliphatic carbocycles. The summed E-state index contributed by atoms with van der Waals surface area (Å²) in [5.74, 6) is 2.38. The number of anilines is 1. The number of nitrogens with zero attached hydrogens (tertiary/aromatic N) is 4. The molecule has 7 heteroatoms. The summed E-state index contributed by atoms with van der Waals surface area (Å²) in [6.45, 7) is 4.98. The van der Waals surface area contributed by atoms with E-state index in [-0.39, 0.29) is 0 Å². The minimum absolute atomic E-state index is 0.689. The Morgan fingerprint density at radius 3 is 2.83 bits per heavy atom. The fourth-order valence-corrected chi connectivity index (χ4v) is 2.72. The van der Waals surface area contributed by atoms with Crippen LogP contribution in [0, 0.1) is 6.92 Å². The molecule has 0 radical (unpaired) electrons. The number of morpholine rings is 1. The van der Waals surface area contributed by atoms with Gasteiger partial charge >= 0.3 is 0 Å². The molecule has 4 rings (SSSR count). The van der Waals surface area contributed by atoms with Gasteiger partial charge < -0.3 is 19.9 Å². The number of allylic oxidation sites excluding steroid dienone is 4. The first-order chi connectivity index (χ1) is 11.3. The molecular weight excluding hydrogens is 292 g/mol. The lowest BCUT2D eigenvalue weighted by molar-refractivity contribution is 0.122. The first-order valence-corrected chi connectivity index (χ1v) is 7.69. The van der Waals surface area contributed by atoms with Gasteiger partial charge in [-0.05, 0) is 19.1 Å². The second kappa shape index (κ2) is 5.85. The van der Waals surface area contributed by atoms with Crippen molar-refractivity contribution in [2.75, 3.05) is 31.2 Å². The third-order valence-electron chi connectivity index (χ3n) is 3.83. The number of fused-ring (bicyclic) bond motifs is 1. The van der Waals surface area contributed by atoms with E-state index < -0.39 is 0 Å². The average Bonchev–Trinajstić information content (AvgIpc) is 2.81.